The molecule has 1 saturated heterocycles. The lowest BCUT2D eigenvalue weighted by Gasteiger charge is -2.16. The van der Waals surface area contributed by atoms with Crippen LogP contribution in [-0.4, -0.2) is 34.9 Å². The number of Topliss-reactive ketones (excluding diaryl/α,β-unsaturated/α-hetero) is 1. The van der Waals surface area contributed by atoms with Crippen molar-refractivity contribution in [1.29, 1.82) is 0 Å². The molecule has 1 atom stereocenters. The number of carboxylic acids is 1. The first kappa shape index (κ1) is 14.0. The van der Waals surface area contributed by atoms with Crippen molar-refractivity contribution in [3.63, 3.8) is 0 Å². The van der Waals surface area contributed by atoms with Crippen molar-refractivity contribution in [2.75, 3.05) is 18.0 Å². The van der Waals surface area contributed by atoms with E-state index in [-0.39, 0.29) is 16.4 Å². The number of carbonyl (C=O) groups excluding carboxylic acids is 1. The fourth-order valence-electron chi connectivity index (χ4n) is 2.33. The van der Waals surface area contributed by atoms with E-state index in [1.165, 1.54) is 18.3 Å². The second-order valence-electron chi connectivity index (χ2n) is 5.27. The normalized spacial score (nSPS) is 19.2. The van der Waals surface area contributed by atoms with Crippen molar-refractivity contribution in [2.45, 2.75) is 27.2 Å². The zero-order valence-electron chi connectivity index (χ0n) is 11.3. The minimum absolute atomic E-state index is 0.111. The summed E-state index contributed by atoms with van der Waals surface area (Å²) in [5.41, 5.74) is -0.111. The lowest BCUT2D eigenvalue weighted by Crippen LogP contribution is -2.21. The Balaban J connectivity index is 2.25. The van der Waals surface area contributed by atoms with Crippen LogP contribution < -0.4 is 4.90 Å². The summed E-state index contributed by atoms with van der Waals surface area (Å²) in [7, 11) is 0. The molecule has 0 radical (unpaired) electrons. The highest BCUT2D eigenvalue weighted by atomic mass is 32.1. The van der Waals surface area contributed by atoms with Gasteiger partial charge in [-0.1, -0.05) is 25.2 Å². The van der Waals surface area contributed by atoms with E-state index in [1.54, 1.807) is 0 Å². The number of ketones is 1. The van der Waals surface area contributed by atoms with Crippen molar-refractivity contribution >= 4 is 28.2 Å². The number of hydrogen-bond acceptors (Lipinski definition) is 5. The SMILES string of the molecule is CC(=O)c1sc(N2CCC(C(C)C)C2)nc1C(=O)O. The van der Waals surface area contributed by atoms with Gasteiger partial charge in [0.1, 0.15) is 4.88 Å². The number of anilines is 1. The third kappa shape index (κ3) is 2.78. The minimum Gasteiger partial charge on any atom is -0.476 e. The third-order valence-corrected chi connectivity index (χ3v) is 4.79. The molecular formula is C13H18N2O3S. The smallest absolute Gasteiger partial charge is 0.356 e. The molecule has 0 saturated carbocycles. The maximum Gasteiger partial charge on any atom is 0.356 e. The molecule has 1 fully saturated rings. The fourth-order valence-corrected chi connectivity index (χ4v) is 3.32. The molecule has 1 aliphatic heterocycles. The topological polar surface area (TPSA) is 70.5 Å². The summed E-state index contributed by atoms with van der Waals surface area (Å²) in [6, 6.07) is 0. The van der Waals surface area contributed by atoms with Gasteiger partial charge in [-0.3, -0.25) is 4.79 Å². The van der Waals surface area contributed by atoms with Crippen LogP contribution in [0.15, 0.2) is 0 Å². The molecule has 2 rings (SSSR count). The molecular weight excluding hydrogens is 264 g/mol. The van der Waals surface area contributed by atoms with E-state index >= 15 is 0 Å². The van der Waals surface area contributed by atoms with Gasteiger partial charge in [-0.05, 0) is 18.3 Å². The Morgan fingerprint density at radius 1 is 1.47 bits per heavy atom. The van der Waals surface area contributed by atoms with E-state index in [0.717, 1.165) is 19.5 Å². The van der Waals surface area contributed by atoms with E-state index in [4.69, 9.17) is 5.11 Å². The molecule has 2 heterocycles. The van der Waals surface area contributed by atoms with Crippen LogP contribution in [0.1, 0.15) is 47.4 Å². The van der Waals surface area contributed by atoms with Gasteiger partial charge in [-0.2, -0.15) is 0 Å². The number of carboxylic acid groups (broad SMARTS) is 1. The Labute approximate surface area is 116 Å². The Bertz CT molecular complexity index is 478. The highest BCUT2D eigenvalue weighted by Gasteiger charge is 2.29. The third-order valence-electron chi connectivity index (χ3n) is 3.58. The molecule has 19 heavy (non-hydrogen) atoms. The van der Waals surface area contributed by atoms with E-state index in [0.29, 0.717) is 17.0 Å². The Morgan fingerprint density at radius 3 is 2.58 bits per heavy atom. The lowest BCUT2D eigenvalue weighted by molar-refractivity contribution is 0.0687. The van der Waals surface area contributed by atoms with Crippen molar-refractivity contribution in [1.82, 2.24) is 4.98 Å². The summed E-state index contributed by atoms with van der Waals surface area (Å²) >= 11 is 1.19. The lowest BCUT2D eigenvalue weighted by atomic mass is 9.95. The molecule has 104 valence electrons. The van der Waals surface area contributed by atoms with Crippen molar-refractivity contribution in [3.05, 3.63) is 10.6 Å². The minimum atomic E-state index is -1.13. The second-order valence-corrected chi connectivity index (χ2v) is 6.25. The molecule has 1 aromatic heterocycles. The van der Waals surface area contributed by atoms with Crippen LogP contribution >= 0.6 is 11.3 Å². The predicted octanol–water partition coefficient (Wildman–Crippen LogP) is 2.53. The molecule has 6 heteroatoms. The molecule has 0 spiro atoms. The fraction of sp³-hybridized carbons (Fsp3) is 0.615. The summed E-state index contributed by atoms with van der Waals surface area (Å²) < 4.78 is 0. The van der Waals surface area contributed by atoms with Gasteiger partial charge in [-0.25, -0.2) is 9.78 Å². The number of rotatable bonds is 4. The van der Waals surface area contributed by atoms with E-state index in [2.05, 4.69) is 23.7 Å². The quantitative estimate of drug-likeness (QED) is 0.859. The Hall–Kier alpha value is -1.43. The van der Waals surface area contributed by atoms with Gasteiger partial charge < -0.3 is 10.0 Å². The summed E-state index contributed by atoms with van der Waals surface area (Å²) in [6.45, 7) is 7.54. The number of hydrogen-bond donors (Lipinski definition) is 1. The maximum atomic E-state index is 11.5. The first-order valence-electron chi connectivity index (χ1n) is 6.40. The van der Waals surface area contributed by atoms with Crippen LogP contribution in [0, 0.1) is 11.8 Å². The summed E-state index contributed by atoms with van der Waals surface area (Å²) in [5, 5.41) is 9.74. The second kappa shape index (κ2) is 5.28. The molecule has 0 amide bonds. The molecule has 0 bridgehead atoms. The number of aromatic carboxylic acids is 1. The van der Waals surface area contributed by atoms with Gasteiger partial charge in [0.15, 0.2) is 16.6 Å². The maximum absolute atomic E-state index is 11.5. The van der Waals surface area contributed by atoms with Gasteiger partial charge in [0.2, 0.25) is 0 Å². The zero-order chi connectivity index (χ0) is 14.2. The molecule has 5 nitrogen and oxygen atoms in total. The van der Waals surface area contributed by atoms with E-state index in [9.17, 15) is 9.59 Å². The van der Waals surface area contributed by atoms with Crippen LogP contribution in [0.4, 0.5) is 5.13 Å². The largest absolute Gasteiger partial charge is 0.476 e. The molecule has 0 aromatic carbocycles. The standard InChI is InChI=1S/C13H18N2O3S/c1-7(2)9-4-5-15(6-9)13-14-10(12(17)18)11(19-13)8(3)16/h7,9H,4-6H2,1-3H3,(H,17,18). The summed E-state index contributed by atoms with van der Waals surface area (Å²) in [4.78, 5) is 29.0. The van der Waals surface area contributed by atoms with Crippen LogP contribution in [0.3, 0.4) is 0 Å². The van der Waals surface area contributed by atoms with Gasteiger partial charge in [0.25, 0.3) is 0 Å². The first-order chi connectivity index (χ1) is 8.90. The van der Waals surface area contributed by atoms with E-state index in [1.807, 2.05) is 0 Å². The molecule has 1 unspecified atom stereocenters. The predicted molar refractivity (Wildman–Crippen MR) is 74.2 cm³/mol. The number of nitrogens with zero attached hydrogens (tertiary/aromatic N) is 2. The summed E-state index contributed by atoms with van der Waals surface area (Å²) in [5.74, 6) is -0.151. The summed E-state index contributed by atoms with van der Waals surface area (Å²) in [6.07, 6.45) is 1.09. The van der Waals surface area contributed by atoms with Crippen molar-refractivity contribution in [3.8, 4) is 0 Å². The van der Waals surface area contributed by atoms with Crippen LogP contribution in [0.5, 0.6) is 0 Å². The first-order valence-corrected chi connectivity index (χ1v) is 7.21. The van der Waals surface area contributed by atoms with E-state index < -0.39 is 5.97 Å². The average Bonchev–Trinajstić information content (AvgIpc) is 2.95. The average molecular weight is 282 g/mol. The monoisotopic (exact) mass is 282 g/mol. The number of thiazole rings is 1. The molecule has 0 aliphatic carbocycles. The van der Waals surface area contributed by atoms with Gasteiger partial charge in [-0.15, -0.1) is 0 Å². The van der Waals surface area contributed by atoms with Gasteiger partial charge in [0.05, 0.1) is 0 Å². The number of aromatic nitrogens is 1. The zero-order valence-corrected chi connectivity index (χ0v) is 12.2. The molecule has 1 aliphatic rings. The Morgan fingerprint density at radius 2 is 2.16 bits per heavy atom. The van der Waals surface area contributed by atoms with Crippen molar-refractivity contribution < 1.29 is 14.7 Å². The van der Waals surface area contributed by atoms with Crippen molar-refractivity contribution in [2.24, 2.45) is 11.8 Å². The highest BCUT2D eigenvalue weighted by Crippen LogP contribution is 2.32. The molecule has 1 N–H and O–H groups in total. The van der Waals surface area contributed by atoms with Gasteiger partial charge in [0, 0.05) is 20.0 Å². The molecule has 1 aromatic rings. The van der Waals surface area contributed by atoms with Crippen LogP contribution in [0.25, 0.3) is 0 Å². The number of carbonyl (C=O) groups is 2. The van der Waals surface area contributed by atoms with Crippen LogP contribution in [0.2, 0.25) is 0 Å². The van der Waals surface area contributed by atoms with Gasteiger partial charge >= 0.3 is 5.97 Å². The van der Waals surface area contributed by atoms with Crippen LogP contribution in [-0.2, 0) is 0 Å². The highest BCUT2D eigenvalue weighted by molar-refractivity contribution is 7.17. The Kier molecular flexibility index (Phi) is 3.89.